The van der Waals surface area contributed by atoms with E-state index in [1.54, 1.807) is 0 Å². The lowest BCUT2D eigenvalue weighted by Gasteiger charge is -2.39. The third-order valence-electron chi connectivity index (χ3n) is 6.69. The van der Waals surface area contributed by atoms with E-state index >= 15 is 0 Å². The molecule has 0 aromatic rings. The zero-order valence-corrected chi connectivity index (χ0v) is 12.5. The molecule has 0 aromatic heterocycles. The first-order valence-corrected chi connectivity index (χ1v) is 7.82. The molecule has 5 atom stereocenters. The largest absolute Gasteiger partial charge is 0.390 e. The van der Waals surface area contributed by atoms with E-state index in [-0.39, 0.29) is 12.0 Å². The summed E-state index contributed by atoms with van der Waals surface area (Å²) < 4.78 is 11.5. The summed E-state index contributed by atoms with van der Waals surface area (Å²) in [6.45, 7) is 9.15. The standard InChI is InChI=1S/C16H28O3/c1-15(2)12-4-6-16(15,3)14(8-12)19-10-13(17)11-5-7-18-9-11/h11-14,17H,4-10H2,1-3H3. The fraction of sp³-hybridized carbons (Fsp3) is 1.00. The molecule has 1 N–H and O–H groups in total. The summed E-state index contributed by atoms with van der Waals surface area (Å²) in [5.74, 6) is 1.08. The van der Waals surface area contributed by atoms with Gasteiger partial charge in [-0.3, -0.25) is 0 Å². The lowest BCUT2D eigenvalue weighted by Crippen LogP contribution is -2.39. The second kappa shape index (κ2) is 4.71. The minimum atomic E-state index is -0.353. The van der Waals surface area contributed by atoms with E-state index in [2.05, 4.69) is 20.8 Å². The van der Waals surface area contributed by atoms with Crippen molar-refractivity contribution in [2.24, 2.45) is 22.7 Å². The van der Waals surface area contributed by atoms with Crippen molar-refractivity contribution in [1.29, 1.82) is 0 Å². The molecule has 2 aliphatic carbocycles. The number of hydrogen-bond donors (Lipinski definition) is 1. The van der Waals surface area contributed by atoms with Crippen molar-refractivity contribution in [2.45, 2.75) is 58.7 Å². The van der Waals surface area contributed by atoms with E-state index < -0.39 is 0 Å². The first-order valence-electron chi connectivity index (χ1n) is 7.82. The van der Waals surface area contributed by atoms with E-state index in [4.69, 9.17) is 9.47 Å². The second-order valence-corrected chi connectivity index (χ2v) is 7.62. The Labute approximate surface area is 116 Å². The van der Waals surface area contributed by atoms with Gasteiger partial charge in [0, 0.05) is 12.5 Å². The molecule has 0 radical (unpaired) electrons. The number of aliphatic hydroxyl groups excluding tert-OH is 1. The Balaban J connectivity index is 1.57. The van der Waals surface area contributed by atoms with Crippen LogP contribution >= 0.6 is 0 Å². The van der Waals surface area contributed by atoms with Crippen LogP contribution in [0.5, 0.6) is 0 Å². The average molecular weight is 268 g/mol. The number of aliphatic hydroxyl groups is 1. The molecule has 0 aromatic carbocycles. The SMILES string of the molecule is CC1(C)C2CCC1(C)C(OCC(O)C1CCOC1)C2. The highest BCUT2D eigenvalue weighted by Crippen LogP contribution is 2.66. The zero-order valence-electron chi connectivity index (χ0n) is 12.5. The minimum Gasteiger partial charge on any atom is -0.390 e. The highest BCUT2D eigenvalue weighted by atomic mass is 16.5. The van der Waals surface area contributed by atoms with Crippen molar-refractivity contribution in [3.63, 3.8) is 0 Å². The number of ether oxygens (including phenoxy) is 2. The van der Waals surface area contributed by atoms with Crippen molar-refractivity contribution < 1.29 is 14.6 Å². The highest BCUT2D eigenvalue weighted by Gasteiger charge is 2.61. The predicted molar refractivity (Wildman–Crippen MR) is 73.9 cm³/mol. The Morgan fingerprint density at radius 1 is 1.32 bits per heavy atom. The molecule has 3 heteroatoms. The quantitative estimate of drug-likeness (QED) is 0.852. The van der Waals surface area contributed by atoms with Crippen LogP contribution in [0, 0.1) is 22.7 Å². The summed E-state index contributed by atoms with van der Waals surface area (Å²) >= 11 is 0. The molecule has 19 heavy (non-hydrogen) atoms. The van der Waals surface area contributed by atoms with E-state index in [1.807, 2.05) is 0 Å². The summed E-state index contributed by atoms with van der Waals surface area (Å²) in [6, 6.07) is 0. The van der Waals surface area contributed by atoms with Crippen LogP contribution in [0.15, 0.2) is 0 Å². The molecule has 110 valence electrons. The van der Waals surface area contributed by atoms with Gasteiger partial charge in [0.05, 0.1) is 25.4 Å². The highest BCUT2D eigenvalue weighted by molar-refractivity contribution is 5.11. The molecular formula is C16H28O3. The van der Waals surface area contributed by atoms with Crippen molar-refractivity contribution in [3.8, 4) is 0 Å². The fourth-order valence-corrected chi connectivity index (χ4v) is 4.59. The van der Waals surface area contributed by atoms with E-state index in [1.165, 1.54) is 19.3 Å². The van der Waals surface area contributed by atoms with Gasteiger partial charge in [-0.05, 0) is 42.4 Å². The molecule has 3 fully saturated rings. The van der Waals surface area contributed by atoms with Crippen LogP contribution < -0.4 is 0 Å². The molecule has 1 aliphatic heterocycles. The second-order valence-electron chi connectivity index (χ2n) is 7.62. The Morgan fingerprint density at radius 3 is 2.63 bits per heavy atom. The lowest BCUT2D eigenvalue weighted by atomic mass is 9.70. The molecule has 0 amide bonds. The zero-order chi connectivity index (χ0) is 13.7. The van der Waals surface area contributed by atoms with Gasteiger partial charge in [0.15, 0.2) is 0 Å². The van der Waals surface area contributed by atoms with Gasteiger partial charge < -0.3 is 14.6 Å². The van der Waals surface area contributed by atoms with Gasteiger partial charge in [0.2, 0.25) is 0 Å². The van der Waals surface area contributed by atoms with Gasteiger partial charge in [-0.15, -0.1) is 0 Å². The van der Waals surface area contributed by atoms with Crippen LogP contribution in [-0.4, -0.2) is 37.1 Å². The molecule has 2 bridgehead atoms. The topological polar surface area (TPSA) is 38.7 Å². The van der Waals surface area contributed by atoms with Gasteiger partial charge in [0.25, 0.3) is 0 Å². The Bertz CT molecular complexity index is 335. The van der Waals surface area contributed by atoms with Crippen LogP contribution in [0.1, 0.15) is 46.5 Å². The molecular weight excluding hydrogens is 240 g/mol. The number of hydrogen-bond acceptors (Lipinski definition) is 3. The van der Waals surface area contributed by atoms with Crippen molar-refractivity contribution in [2.75, 3.05) is 19.8 Å². The first-order chi connectivity index (χ1) is 8.95. The van der Waals surface area contributed by atoms with Crippen LogP contribution in [0.4, 0.5) is 0 Å². The molecule has 3 aliphatic rings. The van der Waals surface area contributed by atoms with Crippen LogP contribution in [-0.2, 0) is 9.47 Å². The van der Waals surface area contributed by atoms with E-state index in [9.17, 15) is 5.11 Å². The summed E-state index contributed by atoms with van der Waals surface area (Å²) in [6.07, 6.45) is 4.75. The molecule has 0 spiro atoms. The fourth-order valence-electron chi connectivity index (χ4n) is 4.59. The summed E-state index contributed by atoms with van der Waals surface area (Å²) in [5.41, 5.74) is 0.683. The Hall–Kier alpha value is -0.120. The minimum absolute atomic E-state index is 0.277. The Morgan fingerprint density at radius 2 is 2.11 bits per heavy atom. The maximum atomic E-state index is 10.2. The van der Waals surface area contributed by atoms with Gasteiger partial charge in [0.1, 0.15) is 0 Å². The maximum absolute atomic E-state index is 10.2. The normalized spacial score (nSPS) is 45.8. The third kappa shape index (κ3) is 2.05. The molecule has 1 heterocycles. The molecule has 5 unspecified atom stereocenters. The number of fused-ring (bicyclic) bond motifs is 2. The van der Waals surface area contributed by atoms with Gasteiger partial charge in [-0.2, -0.15) is 0 Å². The van der Waals surface area contributed by atoms with Crippen LogP contribution in [0.2, 0.25) is 0 Å². The van der Waals surface area contributed by atoms with Crippen molar-refractivity contribution in [1.82, 2.24) is 0 Å². The molecule has 2 saturated carbocycles. The summed E-state index contributed by atoms with van der Waals surface area (Å²) in [7, 11) is 0. The molecule has 3 nitrogen and oxygen atoms in total. The smallest absolute Gasteiger partial charge is 0.0824 e. The summed E-state index contributed by atoms with van der Waals surface area (Å²) in [5, 5.41) is 10.2. The van der Waals surface area contributed by atoms with Crippen LogP contribution in [0.3, 0.4) is 0 Å². The summed E-state index contributed by atoms with van der Waals surface area (Å²) in [4.78, 5) is 0. The van der Waals surface area contributed by atoms with E-state index in [0.717, 1.165) is 18.9 Å². The molecule has 1 saturated heterocycles. The Kier molecular flexibility index (Phi) is 3.43. The van der Waals surface area contributed by atoms with Gasteiger partial charge >= 0.3 is 0 Å². The van der Waals surface area contributed by atoms with Gasteiger partial charge in [-0.1, -0.05) is 20.8 Å². The monoisotopic (exact) mass is 268 g/mol. The van der Waals surface area contributed by atoms with Crippen molar-refractivity contribution in [3.05, 3.63) is 0 Å². The van der Waals surface area contributed by atoms with Gasteiger partial charge in [-0.25, -0.2) is 0 Å². The van der Waals surface area contributed by atoms with E-state index in [0.29, 0.717) is 30.1 Å². The lowest BCUT2D eigenvalue weighted by molar-refractivity contribution is -0.0856. The maximum Gasteiger partial charge on any atom is 0.0824 e. The first kappa shape index (κ1) is 13.8. The number of rotatable bonds is 4. The average Bonchev–Trinajstić information content (AvgIpc) is 3.01. The predicted octanol–water partition coefficient (Wildman–Crippen LogP) is 2.62. The third-order valence-corrected chi connectivity index (χ3v) is 6.69. The van der Waals surface area contributed by atoms with Crippen LogP contribution in [0.25, 0.3) is 0 Å². The molecule has 3 rings (SSSR count). The van der Waals surface area contributed by atoms with Crippen molar-refractivity contribution >= 4 is 0 Å².